The maximum absolute atomic E-state index is 10.9. The monoisotopic (exact) mass is 355 g/mol. The van der Waals surface area contributed by atoms with Gasteiger partial charge in [0, 0.05) is 19.6 Å². The maximum Gasteiger partial charge on any atom is 0.307 e. The number of carbonyl (C=O) groups is 1. The van der Waals surface area contributed by atoms with Crippen molar-refractivity contribution in [3.63, 3.8) is 0 Å². The fourth-order valence-corrected chi connectivity index (χ4v) is 3.35. The fourth-order valence-electron chi connectivity index (χ4n) is 3.35. The maximum atomic E-state index is 10.9. The van der Waals surface area contributed by atoms with Crippen LogP contribution < -0.4 is 4.74 Å². The van der Waals surface area contributed by atoms with E-state index >= 15 is 0 Å². The molecule has 0 bridgehead atoms. The zero-order chi connectivity index (χ0) is 18.4. The standard InChI is InChI=1S/C21H25NO4/c23-20(24)16-17-6-8-19(9-7-17)26-15-14-22-12-10-21(25,11-13-22)18-4-2-1-3-5-18/h1-9,25H,10-16H2,(H,23,24). The van der Waals surface area contributed by atoms with E-state index in [1.165, 1.54) is 0 Å². The van der Waals surface area contributed by atoms with Crippen LogP contribution in [0, 0.1) is 0 Å². The molecular formula is C21H25NO4. The zero-order valence-electron chi connectivity index (χ0n) is 14.8. The summed E-state index contributed by atoms with van der Waals surface area (Å²) in [7, 11) is 0. The highest BCUT2D eigenvalue weighted by atomic mass is 16.5. The number of rotatable bonds is 7. The van der Waals surface area contributed by atoms with Crippen molar-refractivity contribution in [3.8, 4) is 5.75 Å². The van der Waals surface area contributed by atoms with Crippen LogP contribution in [0.2, 0.25) is 0 Å². The van der Waals surface area contributed by atoms with Crippen molar-refractivity contribution >= 4 is 5.97 Å². The Bertz CT molecular complexity index is 707. The first-order chi connectivity index (χ1) is 12.5. The topological polar surface area (TPSA) is 70.0 Å². The van der Waals surface area contributed by atoms with Gasteiger partial charge >= 0.3 is 5.97 Å². The lowest BCUT2D eigenvalue weighted by Gasteiger charge is -2.38. The fraction of sp³-hybridized carbons (Fsp3) is 0.381. The van der Waals surface area contributed by atoms with Gasteiger partial charge in [0.1, 0.15) is 12.4 Å². The minimum atomic E-state index is -0.834. The molecule has 0 aliphatic carbocycles. The smallest absolute Gasteiger partial charge is 0.307 e. The Balaban J connectivity index is 1.42. The van der Waals surface area contributed by atoms with E-state index in [0.717, 1.165) is 49.4 Å². The quantitative estimate of drug-likeness (QED) is 0.799. The highest BCUT2D eigenvalue weighted by Gasteiger charge is 2.33. The molecule has 138 valence electrons. The summed E-state index contributed by atoms with van der Waals surface area (Å²) in [6.45, 7) is 3.06. The molecule has 0 amide bonds. The summed E-state index contributed by atoms with van der Waals surface area (Å²) < 4.78 is 5.75. The predicted octanol–water partition coefficient (Wildman–Crippen LogP) is 2.68. The number of piperidine rings is 1. The zero-order valence-corrected chi connectivity index (χ0v) is 14.8. The van der Waals surface area contributed by atoms with Crippen molar-refractivity contribution in [2.75, 3.05) is 26.2 Å². The summed E-state index contributed by atoms with van der Waals surface area (Å²) >= 11 is 0. The summed E-state index contributed by atoms with van der Waals surface area (Å²) in [5.74, 6) is -0.0869. The van der Waals surface area contributed by atoms with Crippen molar-refractivity contribution in [2.24, 2.45) is 0 Å². The van der Waals surface area contributed by atoms with Crippen molar-refractivity contribution in [2.45, 2.75) is 24.9 Å². The average molecular weight is 355 g/mol. The lowest BCUT2D eigenvalue weighted by Crippen LogP contribution is -2.43. The molecule has 5 nitrogen and oxygen atoms in total. The van der Waals surface area contributed by atoms with Gasteiger partial charge in [-0.25, -0.2) is 0 Å². The first-order valence-electron chi connectivity index (χ1n) is 8.99. The molecule has 0 atom stereocenters. The molecule has 0 radical (unpaired) electrons. The molecule has 5 heteroatoms. The number of benzene rings is 2. The van der Waals surface area contributed by atoms with Gasteiger partial charge in [-0.15, -0.1) is 0 Å². The van der Waals surface area contributed by atoms with Crippen LogP contribution in [0.3, 0.4) is 0 Å². The summed E-state index contributed by atoms with van der Waals surface area (Å²) in [6.07, 6.45) is 1.47. The van der Waals surface area contributed by atoms with Gasteiger partial charge in [0.2, 0.25) is 0 Å². The average Bonchev–Trinajstić information content (AvgIpc) is 2.65. The van der Waals surface area contributed by atoms with E-state index in [1.807, 2.05) is 42.5 Å². The summed E-state index contributed by atoms with van der Waals surface area (Å²) in [4.78, 5) is 13.0. The molecule has 2 aromatic rings. The van der Waals surface area contributed by atoms with E-state index in [0.29, 0.717) is 6.61 Å². The van der Waals surface area contributed by atoms with Crippen molar-refractivity contribution < 1.29 is 19.7 Å². The number of carboxylic acid groups (broad SMARTS) is 1. The highest BCUT2D eigenvalue weighted by Crippen LogP contribution is 2.32. The molecule has 1 saturated heterocycles. The Morgan fingerprint density at radius 2 is 1.69 bits per heavy atom. The number of hydrogen-bond donors (Lipinski definition) is 2. The van der Waals surface area contributed by atoms with Crippen LogP contribution in [0.5, 0.6) is 5.75 Å². The van der Waals surface area contributed by atoms with Crippen LogP contribution in [0.1, 0.15) is 24.0 Å². The van der Waals surface area contributed by atoms with Crippen molar-refractivity contribution in [1.29, 1.82) is 0 Å². The Morgan fingerprint density at radius 3 is 2.31 bits per heavy atom. The second-order valence-corrected chi connectivity index (χ2v) is 6.80. The van der Waals surface area contributed by atoms with E-state index in [9.17, 15) is 9.90 Å². The molecule has 3 rings (SSSR count). The number of aliphatic hydroxyl groups is 1. The van der Waals surface area contributed by atoms with Gasteiger partial charge in [-0.05, 0) is 36.1 Å². The third kappa shape index (κ3) is 4.84. The van der Waals surface area contributed by atoms with E-state index < -0.39 is 11.6 Å². The predicted molar refractivity (Wildman–Crippen MR) is 99.3 cm³/mol. The Labute approximate surface area is 153 Å². The van der Waals surface area contributed by atoms with Gasteiger partial charge < -0.3 is 14.9 Å². The van der Waals surface area contributed by atoms with Gasteiger partial charge in [0.15, 0.2) is 0 Å². The summed E-state index contributed by atoms with van der Waals surface area (Å²) in [6, 6.07) is 17.1. The first kappa shape index (κ1) is 18.4. The number of nitrogens with zero attached hydrogens (tertiary/aromatic N) is 1. The molecule has 0 unspecified atom stereocenters. The van der Waals surface area contributed by atoms with E-state index in [4.69, 9.17) is 9.84 Å². The lowest BCUT2D eigenvalue weighted by atomic mass is 9.84. The largest absolute Gasteiger partial charge is 0.492 e. The van der Waals surface area contributed by atoms with Crippen molar-refractivity contribution in [1.82, 2.24) is 4.90 Å². The normalized spacial score (nSPS) is 17.0. The van der Waals surface area contributed by atoms with E-state index in [1.54, 1.807) is 12.1 Å². The molecule has 0 saturated carbocycles. The van der Waals surface area contributed by atoms with Crippen LogP contribution in [0.4, 0.5) is 0 Å². The highest BCUT2D eigenvalue weighted by molar-refractivity contribution is 5.70. The summed E-state index contributed by atoms with van der Waals surface area (Å²) in [5.41, 5.74) is 1.04. The number of hydrogen-bond acceptors (Lipinski definition) is 4. The Morgan fingerprint density at radius 1 is 1.04 bits per heavy atom. The van der Waals surface area contributed by atoms with Crippen LogP contribution >= 0.6 is 0 Å². The molecule has 0 spiro atoms. The summed E-state index contributed by atoms with van der Waals surface area (Å²) in [5, 5.41) is 19.6. The molecule has 1 fully saturated rings. The number of likely N-dealkylation sites (tertiary alicyclic amines) is 1. The van der Waals surface area contributed by atoms with Crippen molar-refractivity contribution in [3.05, 3.63) is 65.7 Å². The Kier molecular flexibility index (Phi) is 5.91. The molecule has 2 aromatic carbocycles. The molecule has 1 aliphatic rings. The molecular weight excluding hydrogens is 330 g/mol. The van der Waals surface area contributed by atoms with E-state index in [-0.39, 0.29) is 6.42 Å². The third-order valence-electron chi connectivity index (χ3n) is 4.95. The Hall–Kier alpha value is -2.37. The molecule has 1 aliphatic heterocycles. The molecule has 2 N–H and O–H groups in total. The van der Waals surface area contributed by atoms with Gasteiger partial charge in [0.25, 0.3) is 0 Å². The minimum Gasteiger partial charge on any atom is -0.492 e. The number of aliphatic carboxylic acids is 1. The van der Waals surface area contributed by atoms with Crippen LogP contribution in [0.25, 0.3) is 0 Å². The second-order valence-electron chi connectivity index (χ2n) is 6.80. The lowest BCUT2D eigenvalue weighted by molar-refractivity contribution is -0.136. The minimum absolute atomic E-state index is 0.0262. The van der Waals surface area contributed by atoms with Crippen LogP contribution in [0.15, 0.2) is 54.6 Å². The number of ether oxygens (including phenoxy) is 1. The molecule has 26 heavy (non-hydrogen) atoms. The molecule has 0 aromatic heterocycles. The van der Waals surface area contributed by atoms with Gasteiger partial charge in [0.05, 0.1) is 12.0 Å². The van der Waals surface area contributed by atoms with Gasteiger partial charge in [-0.1, -0.05) is 42.5 Å². The van der Waals surface area contributed by atoms with Gasteiger partial charge in [-0.2, -0.15) is 0 Å². The third-order valence-corrected chi connectivity index (χ3v) is 4.95. The molecule has 1 heterocycles. The second kappa shape index (κ2) is 8.34. The van der Waals surface area contributed by atoms with Crippen LogP contribution in [-0.2, 0) is 16.8 Å². The first-order valence-corrected chi connectivity index (χ1v) is 8.99. The SMILES string of the molecule is O=C(O)Cc1ccc(OCCN2CCC(O)(c3ccccc3)CC2)cc1. The van der Waals surface area contributed by atoms with Crippen LogP contribution in [-0.4, -0.2) is 47.3 Å². The number of carboxylic acids is 1. The van der Waals surface area contributed by atoms with E-state index in [2.05, 4.69) is 4.90 Å². The van der Waals surface area contributed by atoms with Gasteiger partial charge in [-0.3, -0.25) is 9.69 Å².